The Balaban J connectivity index is 1.41. The van der Waals surface area contributed by atoms with Crippen molar-refractivity contribution in [3.63, 3.8) is 0 Å². The van der Waals surface area contributed by atoms with E-state index in [0.29, 0.717) is 56.0 Å². The molecule has 3 heterocycles. The molecule has 144 valence electrons. The number of hydrogen-bond acceptors (Lipinski definition) is 4. The van der Waals surface area contributed by atoms with Gasteiger partial charge in [-0.1, -0.05) is 11.6 Å². The summed E-state index contributed by atoms with van der Waals surface area (Å²) in [6.45, 7) is 1.67. The fraction of sp³-hybridized carbons (Fsp3) is 0.579. The van der Waals surface area contributed by atoms with E-state index in [2.05, 4.69) is 21.5 Å². The number of carbonyl (C=O) groups excluding carboxylic acids is 2. The van der Waals surface area contributed by atoms with Crippen LogP contribution in [0.15, 0.2) is 22.5 Å². The van der Waals surface area contributed by atoms with Crippen LogP contribution in [-0.4, -0.2) is 46.6 Å². The minimum absolute atomic E-state index is 0.0387. The number of carbonyl (C=O) groups is 2. The maximum Gasteiger partial charge on any atom is 0.270 e. The van der Waals surface area contributed by atoms with Crippen LogP contribution in [0.5, 0.6) is 0 Å². The molecule has 2 aliphatic rings. The van der Waals surface area contributed by atoms with Crippen LogP contribution in [0.2, 0.25) is 5.02 Å². The highest BCUT2D eigenvalue weighted by Crippen LogP contribution is 2.36. The molecule has 0 aliphatic carbocycles. The van der Waals surface area contributed by atoms with Gasteiger partial charge in [-0.2, -0.15) is 10.2 Å². The number of amides is 2. The Bertz CT molecular complexity index is 781. The highest BCUT2D eigenvalue weighted by Gasteiger charge is 2.39. The molecule has 0 atom stereocenters. The Kier molecular flexibility index (Phi) is 5.85. The van der Waals surface area contributed by atoms with Crippen molar-refractivity contribution in [3.8, 4) is 12.3 Å². The van der Waals surface area contributed by atoms with Crippen LogP contribution in [0.25, 0.3) is 0 Å². The SMILES string of the molecule is C#CCCC1(CCNC(=O)C2CCN(C(=O)c3cc(Cl)cn3C)CC2)N=N1. The van der Waals surface area contributed by atoms with Crippen LogP contribution in [0, 0.1) is 18.3 Å². The van der Waals surface area contributed by atoms with E-state index in [1.54, 1.807) is 28.8 Å². The first kappa shape index (κ1) is 19.4. The fourth-order valence-electron chi connectivity index (χ4n) is 3.44. The molecule has 1 fully saturated rings. The van der Waals surface area contributed by atoms with Crippen LogP contribution < -0.4 is 5.32 Å². The number of aromatic nitrogens is 1. The van der Waals surface area contributed by atoms with E-state index in [1.807, 2.05) is 0 Å². The summed E-state index contributed by atoms with van der Waals surface area (Å²) in [5.74, 6) is 2.52. The van der Waals surface area contributed by atoms with Gasteiger partial charge in [0.05, 0.1) is 5.02 Å². The Labute approximate surface area is 164 Å². The standard InChI is InChI=1S/C19H24ClN5O2/c1-3-4-7-19(22-23-19)8-9-21-17(26)14-5-10-25(11-6-14)18(27)16-12-15(20)13-24(16)2/h1,12-14H,4-11H2,2H3,(H,21,26). The molecule has 7 nitrogen and oxygen atoms in total. The van der Waals surface area contributed by atoms with Gasteiger partial charge >= 0.3 is 0 Å². The van der Waals surface area contributed by atoms with E-state index in [0.717, 1.165) is 6.42 Å². The summed E-state index contributed by atoms with van der Waals surface area (Å²) in [7, 11) is 1.80. The van der Waals surface area contributed by atoms with Gasteiger partial charge in [-0.05, 0) is 18.9 Å². The normalized spacial score (nSPS) is 18.2. The minimum atomic E-state index is -0.369. The molecule has 27 heavy (non-hydrogen) atoms. The lowest BCUT2D eigenvalue weighted by Gasteiger charge is -2.31. The molecule has 0 radical (unpaired) electrons. The van der Waals surface area contributed by atoms with Crippen molar-refractivity contribution in [2.45, 2.75) is 37.8 Å². The summed E-state index contributed by atoms with van der Waals surface area (Å²) in [4.78, 5) is 26.8. The molecule has 2 aliphatic heterocycles. The summed E-state index contributed by atoms with van der Waals surface area (Å²) in [5, 5.41) is 11.7. The molecule has 1 N–H and O–H groups in total. The zero-order valence-electron chi connectivity index (χ0n) is 15.4. The Morgan fingerprint density at radius 1 is 1.37 bits per heavy atom. The van der Waals surface area contributed by atoms with Crippen molar-refractivity contribution in [2.24, 2.45) is 23.2 Å². The lowest BCUT2D eigenvalue weighted by molar-refractivity contribution is -0.126. The molecular formula is C19H24ClN5O2. The summed E-state index contributed by atoms with van der Waals surface area (Å²) < 4.78 is 1.73. The Hall–Kier alpha value is -2.33. The van der Waals surface area contributed by atoms with E-state index in [1.165, 1.54) is 0 Å². The van der Waals surface area contributed by atoms with Crippen LogP contribution >= 0.6 is 11.6 Å². The van der Waals surface area contributed by atoms with E-state index < -0.39 is 0 Å². The van der Waals surface area contributed by atoms with Gasteiger partial charge < -0.3 is 14.8 Å². The number of nitrogens with zero attached hydrogens (tertiary/aromatic N) is 4. The van der Waals surface area contributed by atoms with Crippen LogP contribution in [0.4, 0.5) is 0 Å². The van der Waals surface area contributed by atoms with Gasteiger partial charge in [0.25, 0.3) is 5.91 Å². The topological polar surface area (TPSA) is 79.1 Å². The third kappa shape index (κ3) is 4.69. The van der Waals surface area contributed by atoms with Gasteiger partial charge in [0.15, 0.2) is 5.66 Å². The number of piperidine rings is 1. The van der Waals surface area contributed by atoms with E-state index >= 15 is 0 Å². The molecule has 0 spiro atoms. The second kappa shape index (κ2) is 8.13. The zero-order valence-corrected chi connectivity index (χ0v) is 16.2. The molecule has 8 heteroatoms. The monoisotopic (exact) mass is 389 g/mol. The second-order valence-corrected chi connectivity index (χ2v) is 7.58. The van der Waals surface area contributed by atoms with Crippen molar-refractivity contribution < 1.29 is 9.59 Å². The smallest absolute Gasteiger partial charge is 0.270 e. The number of likely N-dealkylation sites (tertiary alicyclic amines) is 1. The number of rotatable bonds is 7. The summed E-state index contributed by atoms with van der Waals surface area (Å²) in [5.41, 5.74) is 0.197. The lowest BCUT2D eigenvalue weighted by Crippen LogP contribution is -2.43. The molecule has 1 aromatic heterocycles. The summed E-state index contributed by atoms with van der Waals surface area (Å²) in [6, 6.07) is 1.67. The predicted molar refractivity (Wildman–Crippen MR) is 102 cm³/mol. The van der Waals surface area contributed by atoms with E-state index in [-0.39, 0.29) is 23.4 Å². The Morgan fingerprint density at radius 3 is 2.63 bits per heavy atom. The number of nitrogens with one attached hydrogen (secondary N) is 1. The molecule has 1 aromatic rings. The zero-order chi connectivity index (χ0) is 19.4. The maximum atomic E-state index is 12.6. The van der Waals surface area contributed by atoms with Crippen molar-refractivity contribution >= 4 is 23.4 Å². The van der Waals surface area contributed by atoms with Crippen molar-refractivity contribution in [1.29, 1.82) is 0 Å². The molecule has 0 saturated carbocycles. The van der Waals surface area contributed by atoms with Crippen LogP contribution in [-0.2, 0) is 11.8 Å². The third-order valence-electron chi connectivity index (χ3n) is 5.22. The lowest BCUT2D eigenvalue weighted by atomic mass is 9.95. The van der Waals surface area contributed by atoms with E-state index in [4.69, 9.17) is 18.0 Å². The number of halogens is 1. The third-order valence-corrected chi connectivity index (χ3v) is 5.43. The van der Waals surface area contributed by atoms with Gasteiger partial charge in [-0.3, -0.25) is 9.59 Å². The molecule has 0 bridgehead atoms. The fourth-order valence-corrected chi connectivity index (χ4v) is 3.69. The molecular weight excluding hydrogens is 366 g/mol. The summed E-state index contributed by atoms with van der Waals surface area (Å²) >= 11 is 5.96. The number of hydrogen-bond donors (Lipinski definition) is 1. The number of terminal acetylenes is 1. The van der Waals surface area contributed by atoms with Crippen molar-refractivity contribution in [2.75, 3.05) is 19.6 Å². The molecule has 0 aromatic carbocycles. The average molecular weight is 390 g/mol. The largest absolute Gasteiger partial charge is 0.356 e. The van der Waals surface area contributed by atoms with Gasteiger partial charge in [-0.15, -0.1) is 12.3 Å². The number of aryl methyl sites for hydroxylation is 1. The first-order chi connectivity index (χ1) is 12.9. The van der Waals surface area contributed by atoms with Gasteiger partial charge in [0, 0.05) is 58.1 Å². The van der Waals surface area contributed by atoms with E-state index in [9.17, 15) is 9.59 Å². The second-order valence-electron chi connectivity index (χ2n) is 7.15. The summed E-state index contributed by atoms with van der Waals surface area (Å²) in [6.07, 6.45) is 10.4. The highest BCUT2D eigenvalue weighted by atomic mass is 35.5. The van der Waals surface area contributed by atoms with Gasteiger partial charge in [0.2, 0.25) is 5.91 Å². The van der Waals surface area contributed by atoms with Crippen molar-refractivity contribution in [1.82, 2.24) is 14.8 Å². The highest BCUT2D eigenvalue weighted by molar-refractivity contribution is 6.31. The first-order valence-electron chi connectivity index (χ1n) is 9.20. The minimum Gasteiger partial charge on any atom is -0.356 e. The van der Waals surface area contributed by atoms with Crippen LogP contribution in [0.3, 0.4) is 0 Å². The van der Waals surface area contributed by atoms with Crippen molar-refractivity contribution in [3.05, 3.63) is 23.0 Å². The maximum absolute atomic E-state index is 12.6. The van der Waals surface area contributed by atoms with Gasteiger partial charge in [-0.25, -0.2) is 0 Å². The molecule has 3 rings (SSSR count). The molecule has 1 saturated heterocycles. The molecule has 0 unspecified atom stereocenters. The average Bonchev–Trinajstić information content (AvgIpc) is 3.35. The molecule has 2 amide bonds. The first-order valence-corrected chi connectivity index (χ1v) is 9.58. The Morgan fingerprint density at radius 2 is 2.07 bits per heavy atom. The van der Waals surface area contributed by atoms with Crippen LogP contribution in [0.1, 0.15) is 42.6 Å². The quantitative estimate of drug-likeness (QED) is 0.727. The predicted octanol–water partition coefficient (Wildman–Crippen LogP) is 2.61. The van der Waals surface area contributed by atoms with Gasteiger partial charge in [0.1, 0.15) is 5.69 Å².